The van der Waals surface area contributed by atoms with E-state index in [4.69, 9.17) is 9.84 Å². The SMILES string of the molecule is Cc1ccc(C(=O)O)cc1NC(=O)CCCCNC(=O)OC(C)(C)C. The summed E-state index contributed by atoms with van der Waals surface area (Å²) >= 11 is 0. The topological polar surface area (TPSA) is 105 Å². The number of carbonyl (C=O) groups is 3. The maximum Gasteiger partial charge on any atom is 0.407 e. The van der Waals surface area contributed by atoms with Crippen LogP contribution >= 0.6 is 0 Å². The normalized spacial score (nSPS) is 10.9. The summed E-state index contributed by atoms with van der Waals surface area (Å²) in [6.07, 6.45) is 1.05. The molecule has 0 unspecified atom stereocenters. The zero-order valence-electron chi connectivity index (χ0n) is 15.1. The molecule has 0 aliphatic rings. The Morgan fingerprint density at radius 1 is 1.16 bits per heavy atom. The molecule has 1 aromatic rings. The quantitative estimate of drug-likeness (QED) is 0.654. The minimum atomic E-state index is -1.04. The summed E-state index contributed by atoms with van der Waals surface area (Å²) in [6.45, 7) is 7.59. The molecule has 25 heavy (non-hydrogen) atoms. The van der Waals surface area contributed by atoms with Gasteiger partial charge in [0.1, 0.15) is 5.60 Å². The van der Waals surface area contributed by atoms with Crippen LogP contribution in [-0.2, 0) is 9.53 Å². The van der Waals surface area contributed by atoms with E-state index in [1.54, 1.807) is 33.8 Å². The summed E-state index contributed by atoms with van der Waals surface area (Å²) < 4.78 is 5.11. The number of amides is 2. The number of hydrogen-bond acceptors (Lipinski definition) is 4. The van der Waals surface area contributed by atoms with Crippen molar-refractivity contribution in [2.45, 2.75) is 52.6 Å². The van der Waals surface area contributed by atoms with Crippen LogP contribution < -0.4 is 10.6 Å². The lowest BCUT2D eigenvalue weighted by Crippen LogP contribution is -2.33. The average molecular weight is 350 g/mol. The Balaban J connectivity index is 2.33. The van der Waals surface area contributed by atoms with Crippen molar-refractivity contribution < 1.29 is 24.2 Å². The summed E-state index contributed by atoms with van der Waals surface area (Å²) in [4.78, 5) is 34.4. The van der Waals surface area contributed by atoms with E-state index in [1.807, 2.05) is 0 Å². The molecule has 0 aromatic heterocycles. The molecule has 0 saturated carbocycles. The number of aryl methyl sites for hydroxylation is 1. The van der Waals surface area contributed by atoms with Crippen LogP contribution in [0.1, 0.15) is 56.0 Å². The summed E-state index contributed by atoms with van der Waals surface area (Å²) in [5, 5.41) is 14.3. The van der Waals surface area contributed by atoms with Gasteiger partial charge < -0.3 is 20.5 Å². The van der Waals surface area contributed by atoms with Gasteiger partial charge in [-0.15, -0.1) is 0 Å². The predicted molar refractivity (Wildman–Crippen MR) is 94.9 cm³/mol. The largest absolute Gasteiger partial charge is 0.478 e. The second-order valence-corrected chi connectivity index (χ2v) is 6.77. The first-order chi connectivity index (χ1) is 11.6. The van der Waals surface area contributed by atoms with Gasteiger partial charge in [0, 0.05) is 18.7 Å². The van der Waals surface area contributed by atoms with Crippen LogP contribution in [0.5, 0.6) is 0 Å². The molecule has 2 amide bonds. The zero-order chi connectivity index (χ0) is 19.0. The lowest BCUT2D eigenvalue weighted by molar-refractivity contribution is -0.116. The Morgan fingerprint density at radius 2 is 1.84 bits per heavy atom. The van der Waals surface area contributed by atoms with Gasteiger partial charge in [0.15, 0.2) is 0 Å². The molecule has 0 aliphatic carbocycles. The first-order valence-electron chi connectivity index (χ1n) is 8.19. The molecule has 138 valence electrons. The number of nitrogens with one attached hydrogen (secondary N) is 2. The van der Waals surface area contributed by atoms with E-state index in [0.717, 1.165) is 5.56 Å². The van der Waals surface area contributed by atoms with Crippen LogP contribution in [0.15, 0.2) is 18.2 Å². The molecule has 7 heteroatoms. The fourth-order valence-electron chi connectivity index (χ4n) is 2.02. The molecule has 0 saturated heterocycles. The van der Waals surface area contributed by atoms with Crippen molar-refractivity contribution >= 4 is 23.7 Å². The van der Waals surface area contributed by atoms with Crippen molar-refractivity contribution in [1.82, 2.24) is 5.32 Å². The molecule has 0 spiro atoms. The van der Waals surface area contributed by atoms with E-state index in [1.165, 1.54) is 12.1 Å². The summed E-state index contributed by atoms with van der Waals surface area (Å²) in [7, 11) is 0. The number of hydrogen-bond donors (Lipinski definition) is 3. The van der Waals surface area contributed by atoms with Crippen LogP contribution in [0.4, 0.5) is 10.5 Å². The monoisotopic (exact) mass is 350 g/mol. The minimum Gasteiger partial charge on any atom is -0.478 e. The van der Waals surface area contributed by atoms with Crippen molar-refractivity contribution in [2.75, 3.05) is 11.9 Å². The van der Waals surface area contributed by atoms with Crippen molar-refractivity contribution in [1.29, 1.82) is 0 Å². The number of carboxylic acid groups (broad SMARTS) is 1. The van der Waals surface area contributed by atoms with Crippen molar-refractivity contribution in [3.05, 3.63) is 29.3 Å². The Morgan fingerprint density at radius 3 is 2.44 bits per heavy atom. The number of aromatic carboxylic acids is 1. The van der Waals surface area contributed by atoms with Gasteiger partial charge in [0.2, 0.25) is 5.91 Å². The third kappa shape index (κ3) is 8.19. The molecule has 7 nitrogen and oxygen atoms in total. The number of carboxylic acids is 1. The first-order valence-corrected chi connectivity index (χ1v) is 8.19. The molecular formula is C18H26N2O5. The third-order valence-electron chi connectivity index (χ3n) is 3.26. The second-order valence-electron chi connectivity index (χ2n) is 6.77. The van der Waals surface area contributed by atoms with Crippen LogP contribution in [0.2, 0.25) is 0 Å². The van der Waals surface area contributed by atoms with Gasteiger partial charge in [-0.3, -0.25) is 4.79 Å². The molecule has 1 rings (SSSR count). The van der Waals surface area contributed by atoms with Gasteiger partial charge in [0.05, 0.1) is 5.56 Å². The van der Waals surface area contributed by atoms with Gasteiger partial charge >= 0.3 is 12.1 Å². The smallest absolute Gasteiger partial charge is 0.407 e. The maximum absolute atomic E-state index is 12.0. The van der Waals surface area contributed by atoms with E-state index >= 15 is 0 Å². The average Bonchev–Trinajstić information content (AvgIpc) is 2.47. The highest BCUT2D eigenvalue weighted by molar-refractivity contribution is 5.94. The highest BCUT2D eigenvalue weighted by atomic mass is 16.6. The fourth-order valence-corrected chi connectivity index (χ4v) is 2.02. The lowest BCUT2D eigenvalue weighted by Gasteiger charge is -2.19. The molecule has 0 bridgehead atoms. The minimum absolute atomic E-state index is 0.127. The molecule has 0 aliphatic heterocycles. The number of carbonyl (C=O) groups excluding carboxylic acids is 2. The number of rotatable bonds is 7. The summed E-state index contributed by atoms with van der Waals surface area (Å²) in [6, 6.07) is 4.60. The standard InChI is InChI=1S/C18H26N2O5/c1-12-8-9-13(16(22)23)11-14(12)20-15(21)7-5-6-10-19-17(24)25-18(2,3)4/h8-9,11H,5-7,10H2,1-4H3,(H,19,24)(H,20,21)(H,22,23). The molecule has 0 heterocycles. The Kier molecular flexibility index (Phi) is 7.42. The van der Waals surface area contributed by atoms with E-state index in [0.29, 0.717) is 25.1 Å². The number of ether oxygens (including phenoxy) is 1. The first kappa shape index (κ1) is 20.5. The third-order valence-corrected chi connectivity index (χ3v) is 3.26. The van der Waals surface area contributed by atoms with Gasteiger partial charge in [-0.05, 0) is 58.2 Å². The Labute approximate surface area is 147 Å². The van der Waals surface area contributed by atoms with E-state index in [9.17, 15) is 14.4 Å². The van der Waals surface area contributed by atoms with E-state index in [-0.39, 0.29) is 17.9 Å². The molecule has 1 aromatic carbocycles. The highest BCUT2D eigenvalue weighted by Crippen LogP contribution is 2.17. The van der Waals surface area contributed by atoms with Crippen LogP contribution in [0.3, 0.4) is 0 Å². The fraction of sp³-hybridized carbons (Fsp3) is 0.500. The summed E-state index contributed by atoms with van der Waals surface area (Å²) in [5.41, 5.74) is 0.885. The van der Waals surface area contributed by atoms with E-state index in [2.05, 4.69) is 10.6 Å². The van der Waals surface area contributed by atoms with Crippen molar-refractivity contribution in [3.8, 4) is 0 Å². The Bertz CT molecular complexity index is 635. The lowest BCUT2D eigenvalue weighted by atomic mass is 10.1. The number of benzene rings is 1. The zero-order valence-corrected chi connectivity index (χ0v) is 15.1. The molecule has 3 N–H and O–H groups in total. The van der Waals surface area contributed by atoms with Gasteiger partial charge in [-0.25, -0.2) is 9.59 Å². The van der Waals surface area contributed by atoms with Gasteiger partial charge in [-0.1, -0.05) is 6.07 Å². The van der Waals surface area contributed by atoms with Crippen LogP contribution in [0.25, 0.3) is 0 Å². The maximum atomic E-state index is 12.0. The van der Waals surface area contributed by atoms with Crippen LogP contribution in [0, 0.1) is 6.92 Å². The molecule has 0 atom stereocenters. The van der Waals surface area contributed by atoms with Crippen molar-refractivity contribution in [3.63, 3.8) is 0 Å². The highest BCUT2D eigenvalue weighted by Gasteiger charge is 2.15. The van der Waals surface area contributed by atoms with Crippen LogP contribution in [-0.4, -0.2) is 35.2 Å². The molecule has 0 radical (unpaired) electrons. The molecule has 0 fully saturated rings. The number of unbranched alkanes of at least 4 members (excludes halogenated alkanes) is 1. The predicted octanol–water partition coefficient (Wildman–Crippen LogP) is 3.33. The van der Waals surface area contributed by atoms with Gasteiger partial charge in [-0.2, -0.15) is 0 Å². The van der Waals surface area contributed by atoms with Gasteiger partial charge in [0.25, 0.3) is 0 Å². The second kappa shape index (κ2) is 9.05. The summed E-state index contributed by atoms with van der Waals surface area (Å²) in [5.74, 6) is -1.23. The Hall–Kier alpha value is -2.57. The number of alkyl carbamates (subject to hydrolysis) is 1. The van der Waals surface area contributed by atoms with Crippen molar-refractivity contribution in [2.24, 2.45) is 0 Å². The van der Waals surface area contributed by atoms with E-state index < -0.39 is 17.7 Å². The molecular weight excluding hydrogens is 324 g/mol. The number of anilines is 1.